The summed E-state index contributed by atoms with van der Waals surface area (Å²) in [6.07, 6.45) is 2.20. The van der Waals surface area contributed by atoms with Gasteiger partial charge in [0.25, 0.3) is 0 Å². The lowest BCUT2D eigenvalue weighted by Gasteiger charge is -2.27. The van der Waals surface area contributed by atoms with Crippen LogP contribution in [-0.2, 0) is 14.3 Å². The van der Waals surface area contributed by atoms with Crippen LogP contribution >= 0.6 is 0 Å². The molecule has 2 heterocycles. The first-order valence-electron chi connectivity index (χ1n) is 7.37. The Morgan fingerprint density at radius 1 is 1.29 bits per heavy atom. The van der Waals surface area contributed by atoms with E-state index in [0.717, 1.165) is 12.8 Å². The predicted molar refractivity (Wildman–Crippen MR) is 75.8 cm³/mol. The van der Waals surface area contributed by atoms with E-state index in [2.05, 4.69) is 0 Å². The van der Waals surface area contributed by atoms with Gasteiger partial charge in [0.05, 0.1) is 37.3 Å². The van der Waals surface area contributed by atoms with E-state index >= 15 is 0 Å². The fourth-order valence-electron chi connectivity index (χ4n) is 3.03. The molecule has 0 bridgehead atoms. The summed E-state index contributed by atoms with van der Waals surface area (Å²) < 4.78 is 10.8. The summed E-state index contributed by atoms with van der Waals surface area (Å²) >= 11 is 0. The van der Waals surface area contributed by atoms with Crippen molar-refractivity contribution in [1.29, 1.82) is 0 Å². The summed E-state index contributed by atoms with van der Waals surface area (Å²) in [6, 6.07) is 9.04. The molecule has 0 unspecified atom stereocenters. The van der Waals surface area contributed by atoms with Crippen LogP contribution in [0.5, 0.6) is 0 Å². The Morgan fingerprint density at radius 2 is 2.10 bits per heavy atom. The molecule has 112 valence electrons. The summed E-state index contributed by atoms with van der Waals surface area (Å²) in [5, 5.41) is 0. The van der Waals surface area contributed by atoms with E-state index in [-0.39, 0.29) is 30.6 Å². The Hall–Kier alpha value is -1.88. The highest BCUT2D eigenvalue weighted by molar-refractivity contribution is 5.89. The molecule has 0 aromatic heterocycles. The van der Waals surface area contributed by atoms with Crippen molar-refractivity contribution in [3.05, 3.63) is 35.9 Å². The van der Waals surface area contributed by atoms with Crippen molar-refractivity contribution in [3.63, 3.8) is 0 Å². The number of nitrogens with zero attached hydrogens (tertiary/aromatic N) is 1. The van der Waals surface area contributed by atoms with Crippen LogP contribution in [0.1, 0.15) is 29.6 Å². The number of carbonyl (C=O) groups excluding carboxylic acids is 2. The monoisotopic (exact) mass is 289 g/mol. The summed E-state index contributed by atoms with van der Waals surface area (Å²) in [7, 11) is 0. The fourth-order valence-corrected chi connectivity index (χ4v) is 3.03. The zero-order valence-electron chi connectivity index (χ0n) is 11.9. The number of esters is 1. The third-order valence-corrected chi connectivity index (χ3v) is 4.09. The molecular weight excluding hydrogens is 270 g/mol. The number of fused-ring (bicyclic) bond motifs is 1. The highest BCUT2D eigenvalue weighted by Crippen LogP contribution is 2.27. The first-order valence-corrected chi connectivity index (χ1v) is 7.37. The zero-order valence-corrected chi connectivity index (χ0v) is 11.9. The first-order chi connectivity index (χ1) is 10.3. The van der Waals surface area contributed by atoms with Gasteiger partial charge in [-0.3, -0.25) is 4.79 Å². The number of ether oxygens (including phenoxy) is 2. The quantitative estimate of drug-likeness (QED) is 0.794. The number of benzene rings is 1. The molecule has 21 heavy (non-hydrogen) atoms. The molecule has 1 amide bonds. The van der Waals surface area contributed by atoms with Crippen molar-refractivity contribution in [1.82, 2.24) is 4.90 Å². The van der Waals surface area contributed by atoms with Gasteiger partial charge < -0.3 is 14.4 Å². The van der Waals surface area contributed by atoms with E-state index in [0.29, 0.717) is 25.2 Å². The largest absolute Gasteiger partial charge is 0.460 e. The van der Waals surface area contributed by atoms with Crippen LogP contribution in [0.25, 0.3) is 0 Å². The van der Waals surface area contributed by atoms with Gasteiger partial charge in [0.15, 0.2) is 0 Å². The molecule has 0 aliphatic carbocycles. The van der Waals surface area contributed by atoms with Crippen LogP contribution in [0.3, 0.4) is 0 Å². The number of amides is 1. The minimum atomic E-state index is -0.336. The lowest BCUT2D eigenvalue weighted by Crippen LogP contribution is -2.43. The maximum atomic E-state index is 12.1. The maximum absolute atomic E-state index is 12.1. The second-order valence-corrected chi connectivity index (χ2v) is 5.48. The maximum Gasteiger partial charge on any atom is 0.338 e. The third-order valence-electron chi connectivity index (χ3n) is 4.09. The molecule has 2 saturated heterocycles. The molecule has 1 aromatic rings. The van der Waals surface area contributed by atoms with Gasteiger partial charge in [-0.25, -0.2) is 4.79 Å². The van der Waals surface area contributed by atoms with Crippen LogP contribution in [0.15, 0.2) is 30.3 Å². The number of rotatable bonds is 3. The van der Waals surface area contributed by atoms with E-state index in [1.807, 2.05) is 11.0 Å². The van der Waals surface area contributed by atoms with E-state index in [1.165, 1.54) is 0 Å². The van der Waals surface area contributed by atoms with Crippen LogP contribution < -0.4 is 0 Å². The van der Waals surface area contributed by atoms with Crippen LogP contribution in [0.4, 0.5) is 0 Å². The van der Waals surface area contributed by atoms with Crippen molar-refractivity contribution >= 4 is 11.9 Å². The van der Waals surface area contributed by atoms with Crippen molar-refractivity contribution in [2.45, 2.75) is 31.3 Å². The smallest absolute Gasteiger partial charge is 0.338 e. The topological polar surface area (TPSA) is 55.8 Å². The predicted octanol–water partition coefficient (Wildman–Crippen LogP) is 1.62. The highest BCUT2D eigenvalue weighted by Gasteiger charge is 2.38. The molecule has 2 atom stereocenters. The van der Waals surface area contributed by atoms with Gasteiger partial charge in [-0.05, 0) is 25.0 Å². The summed E-state index contributed by atoms with van der Waals surface area (Å²) in [4.78, 5) is 26.0. The SMILES string of the molecule is O=C(OC[C@@H]1CC[C@H]2COCCC(=O)N21)c1ccccc1. The van der Waals surface area contributed by atoms with E-state index in [9.17, 15) is 9.59 Å². The van der Waals surface area contributed by atoms with Crippen LogP contribution in [-0.4, -0.2) is 48.7 Å². The molecule has 1 aromatic carbocycles. The summed E-state index contributed by atoms with van der Waals surface area (Å²) in [6.45, 7) is 1.34. The molecule has 0 spiro atoms. The van der Waals surface area contributed by atoms with Gasteiger partial charge in [0, 0.05) is 0 Å². The molecule has 0 radical (unpaired) electrons. The summed E-state index contributed by atoms with van der Waals surface area (Å²) in [5.74, 6) is -0.228. The molecule has 2 fully saturated rings. The summed E-state index contributed by atoms with van der Waals surface area (Å²) in [5.41, 5.74) is 0.539. The lowest BCUT2D eigenvalue weighted by molar-refractivity contribution is -0.133. The normalized spacial score (nSPS) is 25.3. The Balaban J connectivity index is 1.60. The van der Waals surface area contributed by atoms with Gasteiger partial charge in [0.2, 0.25) is 5.91 Å². The van der Waals surface area contributed by atoms with Crippen molar-refractivity contribution in [2.75, 3.05) is 19.8 Å². The van der Waals surface area contributed by atoms with Crippen LogP contribution in [0, 0.1) is 0 Å². The van der Waals surface area contributed by atoms with E-state index < -0.39 is 0 Å². The molecule has 2 aliphatic heterocycles. The average Bonchev–Trinajstić information content (AvgIpc) is 2.83. The van der Waals surface area contributed by atoms with Gasteiger partial charge in [-0.1, -0.05) is 18.2 Å². The Labute approximate surface area is 123 Å². The highest BCUT2D eigenvalue weighted by atomic mass is 16.5. The molecule has 5 heteroatoms. The Bertz CT molecular complexity index is 516. The molecule has 0 N–H and O–H groups in total. The number of hydrogen-bond donors (Lipinski definition) is 0. The van der Waals surface area contributed by atoms with Gasteiger partial charge in [-0.15, -0.1) is 0 Å². The molecule has 3 rings (SSSR count). The minimum Gasteiger partial charge on any atom is -0.460 e. The number of hydrogen-bond acceptors (Lipinski definition) is 4. The van der Waals surface area contributed by atoms with Crippen molar-refractivity contribution in [3.8, 4) is 0 Å². The van der Waals surface area contributed by atoms with Gasteiger partial charge in [0.1, 0.15) is 6.61 Å². The minimum absolute atomic E-state index is 0.0168. The fraction of sp³-hybridized carbons (Fsp3) is 0.500. The van der Waals surface area contributed by atoms with E-state index in [1.54, 1.807) is 24.3 Å². The van der Waals surface area contributed by atoms with E-state index in [4.69, 9.17) is 9.47 Å². The number of carbonyl (C=O) groups is 2. The second-order valence-electron chi connectivity index (χ2n) is 5.48. The van der Waals surface area contributed by atoms with Crippen LogP contribution in [0.2, 0.25) is 0 Å². The molecule has 5 nitrogen and oxygen atoms in total. The van der Waals surface area contributed by atoms with Crippen molar-refractivity contribution in [2.24, 2.45) is 0 Å². The standard InChI is InChI=1S/C16H19NO4/c18-15-8-9-20-10-13-6-7-14(17(13)15)11-21-16(19)12-4-2-1-3-5-12/h1-5,13-14H,6-11H2/t13-,14-/m0/s1. The van der Waals surface area contributed by atoms with Gasteiger partial charge in [-0.2, -0.15) is 0 Å². The Morgan fingerprint density at radius 3 is 2.90 bits per heavy atom. The molecule has 2 aliphatic rings. The lowest BCUT2D eigenvalue weighted by atomic mass is 10.2. The second kappa shape index (κ2) is 6.26. The zero-order chi connectivity index (χ0) is 14.7. The molecule has 0 saturated carbocycles. The Kier molecular flexibility index (Phi) is 4.20. The first kappa shape index (κ1) is 14.1. The van der Waals surface area contributed by atoms with Gasteiger partial charge >= 0.3 is 5.97 Å². The average molecular weight is 289 g/mol. The van der Waals surface area contributed by atoms with Crippen molar-refractivity contribution < 1.29 is 19.1 Å². The third kappa shape index (κ3) is 3.08. The molecular formula is C16H19NO4.